The van der Waals surface area contributed by atoms with E-state index in [1.807, 2.05) is 19.9 Å². The number of aromatic hydroxyl groups is 1. The van der Waals surface area contributed by atoms with Crippen molar-refractivity contribution in [2.45, 2.75) is 26.7 Å². The number of phenols is 1. The van der Waals surface area contributed by atoms with Crippen LogP contribution in [-0.2, 0) is 9.53 Å². The van der Waals surface area contributed by atoms with E-state index in [0.717, 1.165) is 24.0 Å². The molecule has 1 N–H and O–H groups in total. The Morgan fingerprint density at radius 1 is 1.47 bits per heavy atom. The van der Waals surface area contributed by atoms with Gasteiger partial charge in [0.15, 0.2) is 0 Å². The lowest BCUT2D eigenvalue weighted by Crippen LogP contribution is -2.01. The quantitative estimate of drug-likeness (QED) is 0.484. The Labute approximate surface area is 102 Å². The van der Waals surface area contributed by atoms with Gasteiger partial charge in [-0.05, 0) is 42.7 Å². The summed E-state index contributed by atoms with van der Waals surface area (Å²) in [6.45, 7) is 4.32. The molecule has 0 aromatic heterocycles. The Balaban J connectivity index is 2.52. The molecule has 1 aromatic rings. The van der Waals surface area contributed by atoms with E-state index >= 15 is 0 Å². The van der Waals surface area contributed by atoms with Crippen molar-refractivity contribution in [1.82, 2.24) is 0 Å². The van der Waals surface area contributed by atoms with Crippen LogP contribution in [0.3, 0.4) is 0 Å². The molecule has 0 heterocycles. The van der Waals surface area contributed by atoms with Crippen molar-refractivity contribution >= 4 is 12.0 Å². The van der Waals surface area contributed by atoms with Gasteiger partial charge in [0.1, 0.15) is 5.75 Å². The van der Waals surface area contributed by atoms with Crippen LogP contribution in [-0.4, -0.2) is 17.7 Å². The third kappa shape index (κ3) is 4.72. The van der Waals surface area contributed by atoms with Gasteiger partial charge in [-0.15, -0.1) is 0 Å². The number of carbonyl (C=O) groups is 1. The van der Waals surface area contributed by atoms with Crippen molar-refractivity contribution in [2.75, 3.05) is 6.61 Å². The maximum absolute atomic E-state index is 11.3. The zero-order valence-electron chi connectivity index (χ0n) is 10.3. The number of carbonyl (C=O) groups excluding carboxylic acids is 1. The molecule has 0 radical (unpaired) electrons. The fourth-order valence-electron chi connectivity index (χ4n) is 1.31. The third-order valence-corrected chi connectivity index (χ3v) is 2.37. The minimum atomic E-state index is -0.329. The maximum atomic E-state index is 11.3. The number of unbranched alkanes of at least 4 members (excludes halogenated alkanes) is 1. The maximum Gasteiger partial charge on any atom is 0.330 e. The van der Waals surface area contributed by atoms with Gasteiger partial charge in [0.25, 0.3) is 0 Å². The van der Waals surface area contributed by atoms with E-state index in [9.17, 15) is 9.90 Å². The summed E-state index contributed by atoms with van der Waals surface area (Å²) in [5.74, 6) is -0.0724. The van der Waals surface area contributed by atoms with Gasteiger partial charge in [0, 0.05) is 6.08 Å². The second kappa shape index (κ2) is 6.74. The van der Waals surface area contributed by atoms with E-state index in [0.29, 0.717) is 6.61 Å². The number of aryl methyl sites for hydroxylation is 1. The summed E-state index contributed by atoms with van der Waals surface area (Å²) in [6, 6.07) is 5.17. The van der Waals surface area contributed by atoms with Crippen LogP contribution >= 0.6 is 0 Å². The molecule has 0 spiro atoms. The summed E-state index contributed by atoms with van der Waals surface area (Å²) in [5.41, 5.74) is 1.65. The second-order valence-electron chi connectivity index (χ2n) is 3.90. The third-order valence-electron chi connectivity index (χ3n) is 2.37. The highest BCUT2D eigenvalue weighted by Crippen LogP contribution is 2.17. The summed E-state index contributed by atoms with van der Waals surface area (Å²) in [5, 5.41) is 9.35. The first kappa shape index (κ1) is 13.3. The molecule has 1 aromatic carbocycles. The Bertz CT molecular complexity index is 408. The normalized spacial score (nSPS) is 10.7. The van der Waals surface area contributed by atoms with Gasteiger partial charge in [0.2, 0.25) is 0 Å². The van der Waals surface area contributed by atoms with Crippen molar-refractivity contribution in [3.63, 3.8) is 0 Å². The molecule has 0 unspecified atom stereocenters. The van der Waals surface area contributed by atoms with Crippen LogP contribution < -0.4 is 0 Å². The van der Waals surface area contributed by atoms with Gasteiger partial charge in [-0.2, -0.15) is 0 Å². The molecule has 0 fully saturated rings. The summed E-state index contributed by atoms with van der Waals surface area (Å²) >= 11 is 0. The topological polar surface area (TPSA) is 46.5 Å². The van der Waals surface area contributed by atoms with Crippen molar-refractivity contribution in [3.8, 4) is 5.75 Å². The van der Waals surface area contributed by atoms with Gasteiger partial charge in [-0.3, -0.25) is 0 Å². The first-order valence-corrected chi connectivity index (χ1v) is 5.78. The first-order valence-electron chi connectivity index (χ1n) is 5.78. The predicted molar refractivity (Wildman–Crippen MR) is 67.7 cm³/mol. The Morgan fingerprint density at radius 3 is 2.88 bits per heavy atom. The predicted octanol–water partition coefficient (Wildman–Crippen LogP) is 3.06. The molecular formula is C14H18O3. The Kier molecular flexibility index (Phi) is 5.27. The van der Waals surface area contributed by atoms with Crippen molar-refractivity contribution in [2.24, 2.45) is 0 Å². The van der Waals surface area contributed by atoms with E-state index in [1.54, 1.807) is 18.2 Å². The van der Waals surface area contributed by atoms with Gasteiger partial charge in [-0.1, -0.05) is 19.4 Å². The Morgan fingerprint density at radius 2 is 2.24 bits per heavy atom. The number of ether oxygens (including phenoxy) is 1. The van der Waals surface area contributed by atoms with Crippen LogP contribution in [0.4, 0.5) is 0 Å². The number of hydrogen-bond acceptors (Lipinski definition) is 3. The monoisotopic (exact) mass is 234 g/mol. The molecule has 0 bridgehead atoms. The molecule has 92 valence electrons. The van der Waals surface area contributed by atoms with Gasteiger partial charge in [0.05, 0.1) is 6.61 Å². The van der Waals surface area contributed by atoms with E-state index in [-0.39, 0.29) is 11.7 Å². The van der Waals surface area contributed by atoms with Crippen molar-refractivity contribution < 1.29 is 14.6 Å². The van der Waals surface area contributed by atoms with Crippen LogP contribution in [0.15, 0.2) is 24.3 Å². The van der Waals surface area contributed by atoms with Crippen LogP contribution in [0, 0.1) is 6.92 Å². The minimum Gasteiger partial charge on any atom is -0.508 e. The SMILES string of the molecule is CCCCOC(=O)/C=C/c1ccc(O)c(C)c1. The number of benzene rings is 1. The summed E-state index contributed by atoms with van der Waals surface area (Å²) in [4.78, 5) is 11.3. The molecular weight excluding hydrogens is 216 g/mol. The number of rotatable bonds is 5. The zero-order valence-corrected chi connectivity index (χ0v) is 10.3. The zero-order chi connectivity index (χ0) is 12.7. The molecule has 0 atom stereocenters. The average Bonchev–Trinajstić information content (AvgIpc) is 2.31. The number of esters is 1. The lowest BCUT2D eigenvalue weighted by Gasteiger charge is -2.01. The molecule has 0 aliphatic carbocycles. The number of phenolic OH excluding ortho intramolecular Hbond substituents is 1. The van der Waals surface area contributed by atoms with E-state index in [1.165, 1.54) is 6.08 Å². The highest BCUT2D eigenvalue weighted by Gasteiger charge is 1.98. The lowest BCUT2D eigenvalue weighted by atomic mass is 10.1. The van der Waals surface area contributed by atoms with Gasteiger partial charge >= 0.3 is 5.97 Å². The molecule has 0 amide bonds. The summed E-state index contributed by atoms with van der Waals surface area (Å²) in [6.07, 6.45) is 4.98. The fraction of sp³-hybridized carbons (Fsp3) is 0.357. The largest absolute Gasteiger partial charge is 0.508 e. The molecule has 3 heteroatoms. The summed E-state index contributed by atoms with van der Waals surface area (Å²) < 4.78 is 4.98. The molecule has 17 heavy (non-hydrogen) atoms. The summed E-state index contributed by atoms with van der Waals surface area (Å²) in [7, 11) is 0. The van der Waals surface area contributed by atoms with Crippen molar-refractivity contribution in [1.29, 1.82) is 0 Å². The lowest BCUT2D eigenvalue weighted by molar-refractivity contribution is -0.137. The smallest absolute Gasteiger partial charge is 0.330 e. The van der Waals surface area contributed by atoms with Crippen LogP contribution in [0.2, 0.25) is 0 Å². The highest BCUT2D eigenvalue weighted by molar-refractivity contribution is 5.87. The molecule has 0 aliphatic heterocycles. The van der Waals surface area contributed by atoms with E-state index in [2.05, 4.69) is 0 Å². The van der Waals surface area contributed by atoms with Crippen LogP contribution in [0.25, 0.3) is 6.08 Å². The van der Waals surface area contributed by atoms with Gasteiger partial charge < -0.3 is 9.84 Å². The fourth-order valence-corrected chi connectivity index (χ4v) is 1.31. The minimum absolute atomic E-state index is 0.257. The number of hydrogen-bond donors (Lipinski definition) is 1. The van der Waals surface area contributed by atoms with Crippen LogP contribution in [0.1, 0.15) is 30.9 Å². The van der Waals surface area contributed by atoms with E-state index in [4.69, 9.17) is 4.74 Å². The first-order chi connectivity index (χ1) is 8.13. The van der Waals surface area contributed by atoms with E-state index < -0.39 is 0 Å². The standard InChI is InChI=1S/C14H18O3/c1-3-4-9-17-14(16)8-6-12-5-7-13(15)11(2)10-12/h5-8,10,15H,3-4,9H2,1-2H3/b8-6+. The highest BCUT2D eigenvalue weighted by atomic mass is 16.5. The average molecular weight is 234 g/mol. The molecule has 0 saturated carbocycles. The van der Waals surface area contributed by atoms with Crippen molar-refractivity contribution in [3.05, 3.63) is 35.4 Å². The molecule has 1 rings (SSSR count). The second-order valence-corrected chi connectivity index (χ2v) is 3.90. The molecule has 3 nitrogen and oxygen atoms in total. The Hall–Kier alpha value is -1.77. The van der Waals surface area contributed by atoms with Crippen LogP contribution in [0.5, 0.6) is 5.75 Å². The molecule has 0 aliphatic rings. The molecule has 0 saturated heterocycles. The van der Waals surface area contributed by atoms with Gasteiger partial charge in [-0.25, -0.2) is 4.79 Å².